The smallest absolute Gasteiger partial charge is 0.00743 e. The Morgan fingerprint density at radius 3 is 0.690 bits per heavy atom. The number of rotatable bonds is 0. The monoisotopic (exact) mass is 1070 g/mol. The molecule has 4 aliphatic heterocycles. The molecule has 0 atom stereocenters. The summed E-state index contributed by atoms with van der Waals surface area (Å²) in [7, 11) is -3.96. The fraction of sp³-hybridized carbons (Fsp3) is 0.583. The molecule has 0 N–H and O–H groups in total. The van der Waals surface area contributed by atoms with E-state index >= 15 is 0 Å². The molecule has 0 spiro atoms. The largest absolute Gasteiger partial charge is 1.00 e. The van der Waals surface area contributed by atoms with Gasteiger partial charge in [0, 0.05) is 32.3 Å². The molecule has 0 aliphatic carbocycles. The molecule has 0 amide bonds. The molecule has 320 valence electrons. The molecule has 4 aromatic rings. The molecule has 0 unspecified atom stereocenters. The zero-order valence-corrected chi connectivity index (χ0v) is 52.3. The summed E-state index contributed by atoms with van der Waals surface area (Å²) in [5, 5.41) is 6.97. The summed E-state index contributed by atoms with van der Waals surface area (Å²) in [6.45, 7) is 38.2. The Morgan fingerprint density at radius 1 is 0.397 bits per heavy atom. The van der Waals surface area contributed by atoms with Crippen LogP contribution in [0.15, 0.2) is 48.5 Å². The van der Waals surface area contributed by atoms with Crippen LogP contribution in [0.3, 0.4) is 0 Å². The molecule has 0 bridgehead atoms. The maximum Gasteiger partial charge on any atom is 0.00743 e. The minimum absolute atomic E-state index is 0. The van der Waals surface area contributed by atoms with Gasteiger partial charge in [0.05, 0.1) is 0 Å². The summed E-state index contributed by atoms with van der Waals surface area (Å²) in [4.78, 5) is 0. The fourth-order valence-electron chi connectivity index (χ4n) is 9.63. The van der Waals surface area contributed by atoms with E-state index in [2.05, 4.69) is 155 Å². The van der Waals surface area contributed by atoms with Crippen LogP contribution < -0.4 is 45.6 Å². The van der Waals surface area contributed by atoms with Gasteiger partial charge in [0.2, 0.25) is 0 Å². The summed E-state index contributed by atoms with van der Waals surface area (Å²) in [6, 6.07) is 25.3. The van der Waals surface area contributed by atoms with Crippen LogP contribution in [0.4, 0.5) is 0 Å². The number of aryl methyl sites for hydroxylation is 8. The summed E-state index contributed by atoms with van der Waals surface area (Å²) in [6.07, 6.45) is 11.0. The van der Waals surface area contributed by atoms with Crippen molar-refractivity contribution in [1.82, 2.24) is 0 Å². The SMILES string of the molecule is C[Si](C)=[Zr+2].C[Si](C)=[Zr+2].Cc1cc2c([cH-]1)CCC[Si]2(C)C.Cc1cc2c([cH-]1)CCC[Si]2(C)C.Cc1cc2c([cH-]1)CCC[Si]2(C)C.Cc1cc2c([cH-]1)CCC[Si]2(C)C.[Cl-].[Cl-]. The van der Waals surface area contributed by atoms with Crippen molar-refractivity contribution in [1.29, 1.82) is 0 Å². The first-order chi connectivity index (χ1) is 25.8. The summed E-state index contributed by atoms with van der Waals surface area (Å²) < 4.78 is 0. The maximum atomic E-state index is 2.50. The van der Waals surface area contributed by atoms with Crippen LogP contribution in [-0.2, 0) is 72.4 Å². The molecule has 0 saturated heterocycles. The first-order valence-electron chi connectivity index (χ1n) is 21.9. The quantitative estimate of drug-likeness (QED) is 0.153. The third kappa shape index (κ3) is 17.6. The van der Waals surface area contributed by atoms with Crippen molar-refractivity contribution in [2.45, 2.75) is 182 Å². The van der Waals surface area contributed by atoms with Gasteiger partial charge in [-0.1, -0.05) is 156 Å². The predicted molar refractivity (Wildman–Crippen MR) is 263 cm³/mol. The van der Waals surface area contributed by atoms with E-state index < -0.39 is 32.3 Å². The Morgan fingerprint density at radius 2 is 0.552 bits per heavy atom. The zero-order valence-electron chi connectivity index (χ0n) is 39.9. The second-order valence-electron chi connectivity index (χ2n) is 20.8. The first-order valence-corrected chi connectivity index (χ1v) is 47.1. The van der Waals surface area contributed by atoms with Gasteiger partial charge >= 0.3 is 83.7 Å². The molecule has 8 rings (SSSR count). The van der Waals surface area contributed by atoms with Crippen molar-refractivity contribution in [3.63, 3.8) is 0 Å². The molecule has 0 nitrogen and oxygen atoms in total. The maximum absolute atomic E-state index is 2.50. The average molecular weight is 1080 g/mol. The van der Waals surface area contributed by atoms with E-state index in [4.69, 9.17) is 0 Å². The van der Waals surface area contributed by atoms with Crippen LogP contribution in [-0.4, -0.2) is 43.2 Å². The van der Waals surface area contributed by atoms with Crippen LogP contribution in [0.2, 0.25) is 103 Å². The Kier molecular flexibility index (Phi) is 24.5. The molecule has 58 heavy (non-hydrogen) atoms. The van der Waals surface area contributed by atoms with E-state index in [0.717, 1.165) is 0 Å². The van der Waals surface area contributed by atoms with Gasteiger partial charge in [0.1, 0.15) is 0 Å². The minimum atomic E-state index is -0.990. The summed E-state index contributed by atoms with van der Waals surface area (Å²) in [5.74, 6) is 0. The second-order valence-corrected chi connectivity index (χ2v) is 58.8. The second kappa shape index (κ2) is 24.9. The van der Waals surface area contributed by atoms with Gasteiger partial charge in [0.25, 0.3) is 0 Å². The molecular weight excluding hydrogens is 998 g/mol. The van der Waals surface area contributed by atoms with Gasteiger partial charge in [-0.2, -0.15) is 89.5 Å². The van der Waals surface area contributed by atoms with Crippen molar-refractivity contribution < 1.29 is 71.5 Å². The van der Waals surface area contributed by atoms with E-state index in [9.17, 15) is 0 Å². The molecule has 0 aromatic heterocycles. The summed E-state index contributed by atoms with van der Waals surface area (Å²) in [5.41, 5.74) is 13.0. The molecule has 4 aliphatic rings. The normalized spacial score (nSPS) is 18.0. The van der Waals surface area contributed by atoms with Crippen LogP contribution >= 0.6 is 0 Å². The number of hydrogen-bond acceptors (Lipinski definition) is 0. The van der Waals surface area contributed by atoms with E-state index in [0.29, 0.717) is 0 Å². The molecule has 0 fully saturated rings. The molecule has 4 heterocycles. The Bertz CT molecular complexity index is 1630. The standard InChI is InChI=1S/4C11H17Si.2C2H6Si.2ClH.2Zr/c4*1-9-7-10-5-4-6-12(2,3)11(10)8-9;2*1-3-2;;;;/h4*7-8H,4-6H2,1-3H3;2*1-2H3;2*1H;;/q4*-1;;;;;2*+2/p-2. The van der Waals surface area contributed by atoms with Gasteiger partial charge in [-0.3, -0.25) is 0 Å². The van der Waals surface area contributed by atoms with Crippen LogP contribution in [0, 0.1) is 27.7 Å². The third-order valence-electron chi connectivity index (χ3n) is 12.4. The number of hydrogen-bond donors (Lipinski definition) is 0. The van der Waals surface area contributed by atoms with Gasteiger partial charge in [0.15, 0.2) is 0 Å². The van der Waals surface area contributed by atoms with E-state index in [1.807, 2.05) is 0 Å². The van der Waals surface area contributed by atoms with E-state index in [-0.39, 0.29) is 35.7 Å². The van der Waals surface area contributed by atoms with Gasteiger partial charge < -0.3 is 24.8 Å². The van der Waals surface area contributed by atoms with Gasteiger partial charge in [-0.05, 0) is 0 Å². The molecule has 0 saturated carbocycles. The predicted octanol–water partition coefficient (Wildman–Crippen LogP) is 5.88. The minimum Gasteiger partial charge on any atom is -1.00 e. The van der Waals surface area contributed by atoms with Crippen molar-refractivity contribution in [3.8, 4) is 0 Å². The first kappa shape index (κ1) is 57.1. The van der Waals surface area contributed by atoms with Crippen molar-refractivity contribution in [2.75, 3.05) is 0 Å². The Balaban J connectivity index is 0.000000360. The molecule has 0 radical (unpaired) electrons. The van der Waals surface area contributed by atoms with E-state index in [1.54, 1.807) is 89.7 Å². The van der Waals surface area contributed by atoms with Crippen molar-refractivity contribution in [3.05, 3.63) is 93.0 Å². The fourth-order valence-corrected chi connectivity index (χ4v) is 21.7. The van der Waals surface area contributed by atoms with Crippen LogP contribution in [0.5, 0.6) is 0 Å². The van der Waals surface area contributed by atoms with Crippen molar-refractivity contribution in [2.24, 2.45) is 0 Å². The van der Waals surface area contributed by atoms with Crippen LogP contribution in [0.25, 0.3) is 0 Å². The van der Waals surface area contributed by atoms with Gasteiger partial charge in [-0.25, -0.2) is 24.3 Å². The van der Waals surface area contributed by atoms with Crippen LogP contribution in [0.1, 0.15) is 70.2 Å². The number of halogens is 2. The van der Waals surface area contributed by atoms with Gasteiger partial charge in [-0.15, -0.1) is 0 Å². The molecule has 10 heteroatoms. The Labute approximate surface area is 405 Å². The molecule has 4 aromatic carbocycles. The van der Waals surface area contributed by atoms with E-state index in [1.165, 1.54) is 97.8 Å². The molecular formula is C48H80Cl2Si6Zr2-2. The topological polar surface area (TPSA) is 0 Å². The average Bonchev–Trinajstić information content (AvgIpc) is 3.83. The van der Waals surface area contributed by atoms with Crippen molar-refractivity contribution >= 4 is 63.9 Å². The summed E-state index contributed by atoms with van der Waals surface area (Å²) >= 11 is 3.48. The Hall–Kier alpha value is 1.05. The zero-order chi connectivity index (χ0) is 42.2. The number of fused-ring (bicyclic) bond motifs is 4. The third-order valence-corrected chi connectivity index (χ3v) is 26.5.